The molecule has 0 bridgehead atoms. The minimum Gasteiger partial charge on any atom is -0.295 e. The fourth-order valence-corrected chi connectivity index (χ4v) is 1.46. The van der Waals surface area contributed by atoms with Crippen molar-refractivity contribution >= 4 is 5.69 Å². The van der Waals surface area contributed by atoms with Crippen LogP contribution < -0.4 is 10.5 Å². The van der Waals surface area contributed by atoms with E-state index < -0.39 is 0 Å². The summed E-state index contributed by atoms with van der Waals surface area (Å²) in [5, 5.41) is 12.4. The third-order valence-electron chi connectivity index (χ3n) is 2.26. The molecule has 0 aliphatic carbocycles. The lowest BCUT2D eigenvalue weighted by Gasteiger charge is -2.20. The molecule has 2 rings (SSSR count). The molecule has 15 heavy (non-hydrogen) atoms. The summed E-state index contributed by atoms with van der Waals surface area (Å²) in [7, 11) is 1.89. The molecule has 0 spiro atoms. The van der Waals surface area contributed by atoms with Gasteiger partial charge in [-0.25, -0.2) is 0 Å². The van der Waals surface area contributed by atoms with Gasteiger partial charge in [0.1, 0.15) is 0 Å². The summed E-state index contributed by atoms with van der Waals surface area (Å²) < 4.78 is 0. The molecule has 0 saturated heterocycles. The van der Waals surface area contributed by atoms with E-state index in [2.05, 4.69) is 11.6 Å². The fraction of sp³-hybridized carbons (Fsp3) is 0.182. The first-order valence-corrected chi connectivity index (χ1v) is 4.73. The number of hydrazine groups is 2. The fourth-order valence-electron chi connectivity index (χ4n) is 1.46. The van der Waals surface area contributed by atoms with Crippen molar-refractivity contribution in [3.63, 3.8) is 0 Å². The van der Waals surface area contributed by atoms with Gasteiger partial charge in [0.05, 0.1) is 23.9 Å². The van der Waals surface area contributed by atoms with Crippen molar-refractivity contribution in [3.05, 3.63) is 42.2 Å². The molecule has 0 saturated carbocycles. The van der Waals surface area contributed by atoms with Gasteiger partial charge in [-0.05, 0) is 12.1 Å². The lowest BCUT2D eigenvalue weighted by atomic mass is 10.3. The van der Waals surface area contributed by atoms with E-state index in [1.807, 2.05) is 53.6 Å². The van der Waals surface area contributed by atoms with Crippen LogP contribution in [0.5, 0.6) is 0 Å². The van der Waals surface area contributed by atoms with Gasteiger partial charge < -0.3 is 0 Å². The summed E-state index contributed by atoms with van der Waals surface area (Å²) in [6.45, 7) is 0. The van der Waals surface area contributed by atoms with Gasteiger partial charge in [0.15, 0.2) is 0 Å². The third-order valence-corrected chi connectivity index (χ3v) is 2.26. The van der Waals surface area contributed by atoms with E-state index in [9.17, 15) is 0 Å². The number of hydrogen-bond donors (Lipinski definition) is 1. The average Bonchev–Trinajstić information content (AvgIpc) is 2.63. The van der Waals surface area contributed by atoms with E-state index in [1.54, 1.807) is 0 Å². The van der Waals surface area contributed by atoms with E-state index in [4.69, 9.17) is 5.26 Å². The Kier molecular flexibility index (Phi) is 2.57. The molecule has 1 heterocycles. The van der Waals surface area contributed by atoms with Crippen LogP contribution in [-0.4, -0.2) is 12.1 Å². The van der Waals surface area contributed by atoms with Gasteiger partial charge in [-0.2, -0.15) is 5.26 Å². The molecular formula is C11H12N4. The largest absolute Gasteiger partial charge is 0.295 e. The molecule has 0 fully saturated rings. The second-order valence-electron chi connectivity index (χ2n) is 3.32. The SMILES string of the molecule is CN1NN(c2ccccc2)C=C1CC#N. The molecular weight excluding hydrogens is 188 g/mol. The molecule has 1 aromatic carbocycles. The maximum absolute atomic E-state index is 8.64. The molecule has 0 unspecified atom stereocenters. The highest BCUT2D eigenvalue weighted by molar-refractivity contribution is 5.49. The molecule has 0 atom stereocenters. The zero-order valence-electron chi connectivity index (χ0n) is 8.51. The topological polar surface area (TPSA) is 42.3 Å². The van der Waals surface area contributed by atoms with Gasteiger partial charge in [0.2, 0.25) is 0 Å². The molecule has 1 aliphatic rings. The Morgan fingerprint density at radius 3 is 2.73 bits per heavy atom. The molecule has 1 N–H and O–H groups in total. The van der Waals surface area contributed by atoms with Crippen molar-refractivity contribution in [2.75, 3.05) is 12.1 Å². The number of nitrogens with one attached hydrogen (secondary N) is 1. The number of hydrogen-bond acceptors (Lipinski definition) is 4. The van der Waals surface area contributed by atoms with Crippen molar-refractivity contribution in [1.29, 1.82) is 5.26 Å². The molecule has 1 aliphatic heterocycles. The quantitative estimate of drug-likeness (QED) is 0.787. The van der Waals surface area contributed by atoms with Gasteiger partial charge in [-0.3, -0.25) is 10.0 Å². The summed E-state index contributed by atoms with van der Waals surface area (Å²) in [6.07, 6.45) is 2.34. The minimum absolute atomic E-state index is 0.410. The van der Waals surface area contributed by atoms with Crippen LogP contribution in [0.3, 0.4) is 0 Å². The number of anilines is 1. The normalized spacial score (nSPS) is 15.1. The van der Waals surface area contributed by atoms with Crippen LogP contribution in [0, 0.1) is 11.3 Å². The Balaban J connectivity index is 2.18. The van der Waals surface area contributed by atoms with E-state index in [0.717, 1.165) is 11.4 Å². The number of para-hydroxylation sites is 1. The number of nitriles is 1. The molecule has 76 valence electrons. The molecule has 4 nitrogen and oxygen atoms in total. The Labute approximate surface area is 89.0 Å². The van der Waals surface area contributed by atoms with Gasteiger partial charge in [-0.1, -0.05) is 18.2 Å². The van der Waals surface area contributed by atoms with Crippen LogP contribution in [0.2, 0.25) is 0 Å². The minimum atomic E-state index is 0.410. The molecule has 4 heteroatoms. The second-order valence-corrected chi connectivity index (χ2v) is 3.32. The van der Waals surface area contributed by atoms with Crippen molar-refractivity contribution in [1.82, 2.24) is 10.5 Å². The van der Waals surface area contributed by atoms with E-state index in [1.165, 1.54) is 0 Å². The summed E-state index contributed by atoms with van der Waals surface area (Å²) in [4.78, 5) is 0. The van der Waals surface area contributed by atoms with E-state index in [0.29, 0.717) is 6.42 Å². The van der Waals surface area contributed by atoms with Crippen molar-refractivity contribution in [2.24, 2.45) is 0 Å². The first-order valence-electron chi connectivity index (χ1n) is 4.73. The Morgan fingerprint density at radius 2 is 2.07 bits per heavy atom. The van der Waals surface area contributed by atoms with Crippen molar-refractivity contribution in [2.45, 2.75) is 6.42 Å². The lowest BCUT2D eigenvalue weighted by molar-refractivity contribution is 0.328. The first-order chi connectivity index (χ1) is 7.31. The zero-order valence-corrected chi connectivity index (χ0v) is 8.51. The van der Waals surface area contributed by atoms with E-state index >= 15 is 0 Å². The summed E-state index contributed by atoms with van der Waals surface area (Å²) >= 11 is 0. The molecule has 0 aromatic heterocycles. The molecule has 0 radical (unpaired) electrons. The smallest absolute Gasteiger partial charge is 0.0781 e. The van der Waals surface area contributed by atoms with Gasteiger partial charge in [0.25, 0.3) is 0 Å². The predicted octanol–water partition coefficient (Wildman–Crippen LogP) is 1.61. The average molecular weight is 200 g/mol. The van der Waals surface area contributed by atoms with Crippen LogP contribution in [-0.2, 0) is 0 Å². The van der Waals surface area contributed by atoms with Crippen molar-refractivity contribution in [3.8, 4) is 6.07 Å². The first kappa shape index (κ1) is 9.56. The highest BCUT2D eigenvalue weighted by Gasteiger charge is 2.17. The van der Waals surface area contributed by atoms with E-state index in [-0.39, 0.29) is 0 Å². The summed E-state index contributed by atoms with van der Waals surface area (Å²) in [5.74, 6) is 0. The highest BCUT2D eigenvalue weighted by atomic mass is 15.8. The summed E-state index contributed by atoms with van der Waals surface area (Å²) in [6, 6.07) is 12.1. The number of benzene rings is 1. The van der Waals surface area contributed by atoms with Gasteiger partial charge in [-0.15, -0.1) is 5.53 Å². The number of rotatable bonds is 2. The Hall–Kier alpha value is -1.99. The zero-order chi connectivity index (χ0) is 10.7. The van der Waals surface area contributed by atoms with Crippen LogP contribution in [0.15, 0.2) is 42.2 Å². The molecule has 1 aromatic rings. The van der Waals surface area contributed by atoms with Crippen LogP contribution in [0.1, 0.15) is 6.42 Å². The van der Waals surface area contributed by atoms with Crippen LogP contribution in [0.4, 0.5) is 5.69 Å². The number of nitrogens with zero attached hydrogens (tertiary/aromatic N) is 3. The Bertz CT molecular complexity index is 404. The monoisotopic (exact) mass is 200 g/mol. The third kappa shape index (κ3) is 1.92. The molecule has 0 amide bonds. The number of allylic oxidation sites excluding steroid dienone is 1. The second kappa shape index (κ2) is 4.03. The van der Waals surface area contributed by atoms with Crippen molar-refractivity contribution < 1.29 is 0 Å². The van der Waals surface area contributed by atoms with Gasteiger partial charge >= 0.3 is 0 Å². The Morgan fingerprint density at radius 1 is 1.33 bits per heavy atom. The maximum Gasteiger partial charge on any atom is 0.0781 e. The highest BCUT2D eigenvalue weighted by Crippen LogP contribution is 2.19. The van der Waals surface area contributed by atoms with Gasteiger partial charge in [0, 0.05) is 13.2 Å². The lowest BCUT2D eigenvalue weighted by Crippen LogP contribution is -2.37. The van der Waals surface area contributed by atoms with Crippen LogP contribution >= 0.6 is 0 Å². The predicted molar refractivity (Wildman–Crippen MR) is 58.1 cm³/mol. The maximum atomic E-state index is 8.64. The van der Waals surface area contributed by atoms with Crippen LogP contribution in [0.25, 0.3) is 0 Å². The standard InChI is InChI=1S/C11H12N4/c1-14-11(7-8-12)9-15(13-14)10-5-3-2-4-6-10/h2-6,9,13H,7H2,1H3. The summed E-state index contributed by atoms with van der Waals surface area (Å²) in [5.41, 5.74) is 5.14.